The summed E-state index contributed by atoms with van der Waals surface area (Å²) in [4.78, 5) is 38.4. The van der Waals surface area contributed by atoms with Gasteiger partial charge in [-0.2, -0.15) is 0 Å². The number of carbonyl (C=O) groups is 3. The van der Waals surface area contributed by atoms with Gasteiger partial charge in [0.25, 0.3) is 0 Å². The fraction of sp³-hybridized carbons (Fsp3) is 0.901. The second kappa shape index (κ2) is 66.4. The first-order valence-corrected chi connectivity index (χ1v) is 34.8. The molecule has 0 aliphatic carbocycles. The Morgan fingerprint density at radius 2 is 0.429 bits per heavy atom. The van der Waals surface area contributed by atoms with Crippen LogP contribution >= 0.6 is 0 Å². The highest BCUT2D eigenvalue weighted by Gasteiger charge is 2.19. The van der Waals surface area contributed by atoms with Gasteiger partial charge in [0.15, 0.2) is 6.10 Å². The molecule has 0 heterocycles. The molecule has 0 aliphatic rings. The maximum absolute atomic E-state index is 12.9. The predicted molar refractivity (Wildman–Crippen MR) is 335 cm³/mol. The topological polar surface area (TPSA) is 78.9 Å². The molecule has 454 valence electrons. The summed E-state index contributed by atoms with van der Waals surface area (Å²) >= 11 is 0. The maximum atomic E-state index is 12.9. The maximum Gasteiger partial charge on any atom is 0.306 e. The molecule has 0 aromatic heterocycles. The van der Waals surface area contributed by atoms with Crippen molar-refractivity contribution >= 4 is 17.9 Å². The zero-order valence-corrected chi connectivity index (χ0v) is 52.3. The smallest absolute Gasteiger partial charge is 0.306 e. The van der Waals surface area contributed by atoms with E-state index in [9.17, 15) is 14.4 Å². The Labute approximate surface area is 481 Å². The molecule has 0 bridgehead atoms. The number of unbranched alkanes of at least 4 members (excludes halogenated alkanes) is 50. The Morgan fingerprint density at radius 1 is 0.247 bits per heavy atom. The fourth-order valence-electron chi connectivity index (χ4n) is 10.7. The van der Waals surface area contributed by atoms with Crippen LogP contribution in [0.2, 0.25) is 0 Å². The van der Waals surface area contributed by atoms with Gasteiger partial charge in [-0.15, -0.1) is 0 Å². The van der Waals surface area contributed by atoms with Crippen LogP contribution in [0, 0.1) is 0 Å². The minimum absolute atomic E-state index is 0.0670. The van der Waals surface area contributed by atoms with E-state index in [1.165, 1.54) is 295 Å². The second-order valence-corrected chi connectivity index (χ2v) is 23.8. The van der Waals surface area contributed by atoms with Crippen LogP contribution in [0.5, 0.6) is 0 Å². The van der Waals surface area contributed by atoms with Crippen molar-refractivity contribution < 1.29 is 28.6 Å². The van der Waals surface area contributed by atoms with E-state index in [0.717, 1.165) is 57.8 Å². The summed E-state index contributed by atoms with van der Waals surface area (Å²) in [5.41, 5.74) is 0. The second-order valence-electron chi connectivity index (χ2n) is 23.8. The molecule has 0 amide bonds. The number of ether oxygens (including phenoxy) is 3. The van der Waals surface area contributed by atoms with Gasteiger partial charge in [-0.05, 0) is 70.6 Å². The van der Waals surface area contributed by atoms with Crippen molar-refractivity contribution in [2.75, 3.05) is 13.2 Å². The highest BCUT2D eigenvalue weighted by Crippen LogP contribution is 2.18. The third-order valence-electron chi connectivity index (χ3n) is 15.9. The molecule has 0 rings (SSSR count). The number of allylic oxidation sites excluding steroid dienone is 4. The molecule has 0 radical (unpaired) electrons. The van der Waals surface area contributed by atoms with Gasteiger partial charge in [0.2, 0.25) is 0 Å². The molecule has 0 spiro atoms. The van der Waals surface area contributed by atoms with Gasteiger partial charge in [0, 0.05) is 19.3 Å². The Hall–Kier alpha value is -2.11. The Morgan fingerprint density at radius 3 is 0.649 bits per heavy atom. The average molecular weight is 1080 g/mol. The SMILES string of the molecule is CCCCCCCCC/C=C\CCCCCCCCCC(=O)OC(COC(=O)CCCCCCCCCCCCCCCC)COC(=O)CCCCCCCCCCCCCCCCC/C=C\CCCCCCCCCC. The van der Waals surface area contributed by atoms with E-state index in [1.807, 2.05) is 0 Å². The van der Waals surface area contributed by atoms with E-state index in [0.29, 0.717) is 19.3 Å². The van der Waals surface area contributed by atoms with Crippen molar-refractivity contribution in [2.24, 2.45) is 0 Å². The van der Waals surface area contributed by atoms with Gasteiger partial charge in [-0.25, -0.2) is 0 Å². The summed E-state index contributed by atoms with van der Waals surface area (Å²) in [6.45, 7) is 6.71. The zero-order valence-electron chi connectivity index (χ0n) is 52.3. The number of esters is 3. The Balaban J connectivity index is 4.21. The molecule has 0 saturated carbocycles. The summed E-state index contributed by atoms with van der Waals surface area (Å²) in [7, 11) is 0. The van der Waals surface area contributed by atoms with Gasteiger partial charge < -0.3 is 14.2 Å². The van der Waals surface area contributed by atoms with Crippen molar-refractivity contribution in [3.8, 4) is 0 Å². The van der Waals surface area contributed by atoms with E-state index >= 15 is 0 Å². The Kier molecular flexibility index (Phi) is 64.6. The van der Waals surface area contributed by atoms with Gasteiger partial charge in [-0.3, -0.25) is 14.4 Å². The molecule has 6 nitrogen and oxygen atoms in total. The minimum Gasteiger partial charge on any atom is -0.462 e. The lowest BCUT2D eigenvalue weighted by Crippen LogP contribution is -2.30. The standard InChI is InChI=1S/C71H134O6/c1-4-7-10-13-16-19-22-25-28-30-32-33-34-35-36-37-38-39-40-42-43-46-49-52-55-58-61-64-70(73)76-67-68(66-75-69(72)63-60-57-54-51-48-45-27-24-21-18-15-12-9-6-3)77-71(74)65-62-59-56-53-50-47-44-41-31-29-26-23-20-17-14-11-8-5-2/h29-32,68H,4-28,33-67H2,1-3H3/b31-29-,32-30-. The van der Waals surface area contributed by atoms with Crippen molar-refractivity contribution in [3.05, 3.63) is 24.3 Å². The number of carbonyl (C=O) groups excluding carboxylic acids is 3. The molecule has 0 fully saturated rings. The van der Waals surface area contributed by atoms with Crippen molar-refractivity contribution in [1.82, 2.24) is 0 Å². The third-order valence-corrected chi connectivity index (χ3v) is 15.9. The molecular weight excluding hydrogens is 949 g/mol. The molecule has 0 aliphatic heterocycles. The summed E-state index contributed by atoms with van der Waals surface area (Å²) < 4.78 is 17.0. The predicted octanol–water partition coefficient (Wildman–Crippen LogP) is 23.8. The quantitative estimate of drug-likeness (QED) is 0.0261. The highest BCUT2D eigenvalue weighted by atomic mass is 16.6. The van der Waals surface area contributed by atoms with E-state index in [4.69, 9.17) is 14.2 Å². The fourth-order valence-corrected chi connectivity index (χ4v) is 10.7. The lowest BCUT2D eigenvalue weighted by molar-refractivity contribution is -0.167. The molecule has 77 heavy (non-hydrogen) atoms. The van der Waals surface area contributed by atoms with Crippen LogP contribution in [-0.4, -0.2) is 37.2 Å². The van der Waals surface area contributed by atoms with Crippen LogP contribution in [0.1, 0.15) is 393 Å². The molecule has 0 aromatic carbocycles. The summed E-state index contributed by atoms with van der Waals surface area (Å²) in [5.74, 6) is -0.841. The first kappa shape index (κ1) is 74.9. The summed E-state index contributed by atoms with van der Waals surface area (Å²) in [6, 6.07) is 0. The van der Waals surface area contributed by atoms with E-state index in [2.05, 4.69) is 45.1 Å². The van der Waals surface area contributed by atoms with Gasteiger partial charge in [-0.1, -0.05) is 328 Å². The van der Waals surface area contributed by atoms with Crippen molar-refractivity contribution in [2.45, 2.75) is 399 Å². The first-order chi connectivity index (χ1) is 38.0. The Bertz CT molecular complexity index is 1240. The van der Waals surface area contributed by atoms with Crippen LogP contribution in [-0.2, 0) is 28.6 Å². The molecule has 6 heteroatoms. The van der Waals surface area contributed by atoms with Gasteiger partial charge in [0.1, 0.15) is 13.2 Å². The zero-order chi connectivity index (χ0) is 55.7. The average Bonchev–Trinajstić information content (AvgIpc) is 3.43. The van der Waals surface area contributed by atoms with E-state index < -0.39 is 6.10 Å². The van der Waals surface area contributed by atoms with Crippen LogP contribution in [0.25, 0.3) is 0 Å². The van der Waals surface area contributed by atoms with Crippen LogP contribution in [0.3, 0.4) is 0 Å². The van der Waals surface area contributed by atoms with Crippen LogP contribution < -0.4 is 0 Å². The molecule has 0 saturated heterocycles. The monoisotopic (exact) mass is 1080 g/mol. The normalized spacial score (nSPS) is 12.1. The number of rotatable bonds is 65. The van der Waals surface area contributed by atoms with Gasteiger partial charge in [0.05, 0.1) is 0 Å². The van der Waals surface area contributed by atoms with E-state index in [-0.39, 0.29) is 31.1 Å². The molecule has 1 unspecified atom stereocenters. The molecule has 1 atom stereocenters. The highest BCUT2D eigenvalue weighted by molar-refractivity contribution is 5.71. The van der Waals surface area contributed by atoms with Crippen molar-refractivity contribution in [3.63, 3.8) is 0 Å². The van der Waals surface area contributed by atoms with Crippen LogP contribution in [0.4, 0.5) is 0 Å². The lowest BCUT2D eigenvalue weighted by Gasteiger charge is -2.18. The van der Waals surface area contributed by atoms with Gasteiger partial charge >= 0.3 is 17.9 Å². The van der Waals surface area contributed by atoms with Crippen LogP contribution in [0.15, 0.2) is 24.3 Å². The van der Waals surface area contributed by atoms with Crippen molar-refractivity contribution in [1.29, 1.82) is 0 Å². The largest absolute Gasteiger partial charge is 0.462 e. The molecular formula is C71H134O6. The van der Waals surface area contributed by atoms with E-state index in [1.54, 1.807) is 0 Å². The summed E-state index contributed by atoms with van der Waals surface area (Å²) in [6.07, 6.45) is 80.6. The minimum atomic E-state index is -0.770. The third kappa shape index (κ3) is 64.6. The number of hydrogen-bond acceptors (Lipinski definition) is 6. The molecule has 0 N–H and O–H groups in total. The summed E-state index contributed by atoms with van der Waals surface area (Å²) in [5, 5.41) is 0. The lowest BCUT2D eigenvalue weighted by atomic mass is 10.0. The molecule has 0 aromatic rings. The first-order valence-electron chi connectivity index (χ1n) is 34.8. The number of hydrogen-bond donors (Lipinski definition) is 0.